The lowest BCUT2D eigenvalue weighted by Crippen LogP contribution is -2.17. The number of rotatable bonds is 5. The molecule has 0 bridgehead atoms. The molecule has 5 nitrogen and oxygen atoms in total. The molecule has 0 saturated carbocycles. The lowest BCUT2D eigenvalue weighted by Gasteiger charge is -2.12. The molecular weight excluding hydrogens is 403 g/mol. The van der Waals surface area contributed by atoms with Gasteiger partial charge in [0.05, 0.1) is 11.2 Å². The third-order valence-corrected chi connectivity index (χ3v) is 4.88. The highest BCUT2D eigenvalue weighted by atomic mass is 32.1. The van der Waals surface area contributed by atoms with E-state index >= 15 is 0 Å². The number of carbonyl (C=O) groups is 1. The van der Waals surface area contributed by atoms with E-state index in [1.807, 2.05) is 24.3 Å². The molecule has 1 heterocycles. The lowest BCUT2D eigenvalue weighted by molar-refractivity contribution is -0.141. The van der Waals surface area contributed by atoms with Gasteiger partial charge in [-0.3, -0.25) is 4.79 Å². The normalized spacial score (nSPS) is 11.6. The minimum Gasteiger partial charge on any atom is -0.399 e. The molecule has 0 saturated heterocycles. The number of benzene rings is 2. The fourth-order valence-corrected chi connectivity index (χ4v) is 3.49. The van der Waals surface area contributed by atoms with E-state index in [1.165, 1.54) is 14.0 Å². The predicted molar refractivity (Wildman–Crippen MR) is 106 cm³/mol. The van der Waals surface area contributed by atoms with Gasteiger partial charge in [0.25, 0.3) is 5.91 Å². The fraction of sp³-hybridized carbons (Fsp3) is 0.150. The third kappa shape index (κ3) is 4.80. The molecule has 0 atom stereocenters. The number of thiazole rings is 1. The maximum Gasteiger partial charge on any atom is 0.435 e. The number of hydrogen-bond acceptors (Lipinski definition) is 5. The first-order valence-corrected chi connectivity index (χ1v) is 9.23. The topological polar surface area (TPSA) is 63.6 Å². The molecule has 0 aliphatic heterocycles. The molecule has 0 aliphatic carbocycles. The number of alkyl halides is 3. The molecule has 0 unspecified atom stereocenters. The van der Waals surface area contributed by atoms with Crippen LogP contribution in [0.2, 0.25) is 0 Å². The largest absolute Gasteiger partial charge is 0.435 e. The van der Waals surface area contributed by atoms with Gasteiger partial charge < -0.3 is 10.2 Å². The van der Waals surface area contributed by atoms with Gasteiger partial charge in [-0.15, -0.1) is 11.3 Å². The number of aromatic nitrogens is 1. The highest BCUT2D eigenvalue weighted by molar-refractivity contribution is 7.13. The molecular formula is C20H16F3N3O2S. The number of amides is 1. The lowest BCUT2D eigenvalue weighted by atomic mass is 10.0. The number of hydrogen-bond donors (Lipinski definition) is 1. The van der Waals surface area contributed by atoms with E-state index in [4.69, 9.17) is 0 Å². The Labute approximate surface area is 168 Å². The number of nitrogens with one attached hydrogen (secondary N) is 1. The van der Waals surface area contributed by atoms with Gasteiger partial charge in [-0.05, 0) is 24.1 Å². The van der Waals surface area contributed by atoms with Crippen molar-refractivity contribution >= 4 is 29.1 Å². The second kappa shape index (κ2) is 8.44. The van der Waals surface area contributed by atoms with Crippen LogP contribution in [0.4, 0.5) is 18.9 Å². The summed E-state index contributed by atoms with van der Waals surface area (Å²) in [7, 11) is 1.44. The summed E-state index contributed by atoms with van der Waals surface area (Å²) in [6.07, 6.45) is -3.15. The summed E-state index contributed by atoms with van der Waals surface area (Å²) in [5.74, 6) is -0.848. The molecule has 3 aromatic rings. The molecule has 150 valence electrons. The smallest absolute Gasteiger partial charge is 0.399 e. The van der Waals surface area contributed by atoms with Crippen molar-refractivity contribution < 1.29 is 22.8 Å². The zero-order valence-corrected chi connectivity index (χ0v) is 16.3. The Hall–Kier alpha value is -3.20. The summed E-state index contributed by atoms with van der Waals surface area (Å²) >= 11 is 0.710. The van der Waals surface area contributed by atoms with Gasteiger partial charge in [0.1, 0.15) is 12.0 Å². The molecule has 1 N–H and O–H groups in total. The maximum atomic E-state index is 13.2. The van der Waals surface area contributed by atoms with E-state index in [2.05, 4.69) is 20.3 Å². The van der Waals surface area contributed by atoms with Gasteiger partial charge in [-0.1, -0.05) is 47.6 Å². The average molecular weight is 419 g/mol. The first kappa shape index (κ1) is 20.5. The van der Waals surface area contributed by atoms with Crippen LogP contribution in [0.15, 0.2) is 53.7 Å². The Morgan fingerprint density at radius 1 is 1.17 bits per heavy atom. The molecule has 0 radical (unpaired) electrons. The zero-order chi connectivity index (χ0) is 21.0. The third-order valence-electron chi connectivity index (χ3n) is 3.91. The molecule has 1 aromatic heterocycles. The van der Waals surface area contributed by atoms with Crippen molar-refractivity contribution in [1.82, 2.24) is 4.98 Å². The van der Waals surface area contributed by atoms with E-state index in [0.29, 0.717) is 22.6 Å². The standard InChI is InChI=1S/C20H16F3N3O2S/c1-12-25-18(20(21,22)23)17(29-12)19(27)26-16-6-4-3-5-15(16)14-9-7-13(8-10-14)11-24-28-2/h3-11H,1-2H3,(H,26,27). The van der Waals surface area contributed by atoms with Gasteiger partial charge >= 0.3 is 6.18 Å². The molecule has 0 spiro atoms. The second-order valence-electron chi connectivity index (χ2n) is 5.95. The SMILES string of the molecule is CON=Cc1ccc(-c2ccccc2NC(=O)c2sc(C)nc2C(F)(F)F)cc1. The van der Waals surface area contributed by atoms with Crippen molar-refractivity contribution in [2.75, 3.05) is 12.4 Å². The maximum absolute atomic E-state index is 13.2. The van der Waals surface area contributed by atoms with Crippen molar-refractivity contribution in [3.05, 3.63) is 69.7 Å². The van der Waals surface area contributed by atoms with Crippen LogP contribution in [0.25, 0.3) is 11.1 Å². The van der Waals surface area contributed by atoms with Crippen LogP contribution in [0, 0.1) is 6.92 Å². The van der Waals surface area contributed by atoms with Crippen molar-refractivity contribution in [3.8, 4) is 11.1 Å². The first-order chi connectivity index (χ1) is 13.8. The van der Waals surface area contributed by atoms with Crippen molar-refractivity contribution in [1.29, 1.82) is 0 Å². The van der Waals surface area contributed by atoms with Crippen LogP contribution >= 0.6 is 11.3 Å². The molecule has 0 aliphatic rings. The van der Waals surface area contributed by atoms with Crippen molar-refractivity contribution in [2.24, 2.45) is 5.16 Å². The summed E-state index contributed by atoms with van der Waals surface area (Å²) in [5, 5.41) is 6.44. The first-order valence-electron chi connectivity index (χ1n) is 8.41. The Balaban J connectivity index is 1.91. The molecule has 3 rings (SSSR count). The van der Waals surface area contributed by atoms with Crippen molar-refractivity contribution in [2.45, 2.75) is 13.1 Å². The number of halogens is 3. The van der Waals surface area contributed by atoms with E-state index in [-0.39, 0.29) is 5.01 Å². The second-order valence-corrected chi connectivity index (χ2v) is 7.15. The van der Waals surface area contributed by atoms with Gasteiger partial charge in [0.15, 0.2) is 5.69 Å². The molecule has 29 heavy (non-hydrogen) atoms. The predicted octanol–water partition coefficient (Wildman–Crippen LogP) is 5.37. The number of para-hydroxylation sites is 1. The fourth-order valence-electron chi connectivity index (χ4n) is 2.66. The Bertz CT molecular complexity index is 1040. The Morgan fingerprint density at radius 2 is 1.86 bits per heavy atom. The van der Waals surface area contributed by atoms with Crippen LogP contribution in [0.3, 0.4) is 0 Å². The van der Waals surface area contributed by atoms with Crippen LogP contribution in [0.1, 0.15) is 25.9 Å². The summed E-state index contributed by atoms with van der Waals surface area (Å²) < 4.78 is 39.5. The van der Waals surface area contributed by atoms with E-state index in [0.717, 1.165) is 11.1 Å². The van der Waals surface area contributed by atoms with Crippen LogP contribution < -0.4 is 5.32 Å². The van der Waals surface area contributed by atoms with Crippen LogP contribution in [0.5, 0.6) is 0 Å². The van der Waals surface area contributed by atoms with Gasteiger partial charge in [0, 0.05) is 11.3 Å². The van der Waals surface area contributed by atoms with Crippen LogP contribution in [-0.2, 0) is 11.0 Å². The van der Waals surface area contributed by atoms with Gasteiger partial charge in [-0.25, -0.2) is 4.98 Å². The summed E-state index contributed by atoms with van der Waals surface area (Å²) in [6.45, 7) is 1.43. The Morgan fingerprint density at radius 3 is 2.52 bits per heavy atom. The van der Waals surface area contributed by atoms with E-state index in [9.17, 15) is 18.0 Å². The van der Waals surface area contributed by atoms with Crippen LogP contribution in [-0.4, -0.2) is 24.2 Å². The number of oxime groups is 1. The van der Waals surface area contributed by atoms with Crippen molar-refractivity contribution in [3.63, 3.8) is 0 Å². The molecule has 1 amide bonds. The number of aryl methyl sites for hydroxylation is 1. The highest BCUT2D eigenvalue weighted by Gasteiger charge is 2.39. The minimum absolute atomic E-state index is 0.170. The molecule has 9 heteroatoms. The average Bonchev–Trinajstić information content (AvgIpc) is 3.10. The number of nitrogens with zero attached hydrogens (tertiary/aromatic N) is 2. The summed E-state index contributed by atoms with van der Waals surface area (Å²) in [6, 6.07) is 14.1. The molecule has 0 fully saturated rings. The number of anilines is 1. The minimum atomic E-state index is -4.70. The van der Waals surface area contributed by atoms with E-state index < -0.39 is 22.7 Å². The quantitative estimate of drug-likeness (QED) is 0.447. The van der Waals surface area contributed by atoms with Gasteiger partial charge in [0.2, 0.25) is 0 Å². The van der Waals surface area contributed by atoms with E-state index in [1.54, 1.807) is 30.5 Å². The number of carbonyl (C=O) groups excluding carboxylic acids is 1. The zero-order valence-electron chi connectivity index (χ0n) is 15.4. The Kier molecular flexibility index (Phi) is 5.97. The van der Waals surface area contributed by atoms with Gasteiger partial charge in [-0.2, -0.15) is 13.2 Å². The highest BCUT2D eigenvalue weighted by Crippen LogP contribution is 2.35. The summed E-state index contributed by atoms with van der Waals surface area (Å²) in [5.41, 5.74) is 1.50. The monoisotopic (exact) mass is 419 g/mol. The summed E-state index contributed by atoms with van der Waals surface area (Å²) in [4.78, 5) is 20.2. The molecule has 2 aromatic carbocycles.